The minimum Gasteiger partial charge on any atom is -0.488 e. The van der Waals surface area contributed by atoms with Crippen LogP contribution in [0.3, 0.4) is 0 Å². The van der Waals surface area contributed by atoms with E-state index in [9.17, 15) is 5.11 Å². The molecule has 100 valence electrons. The molecule has 0 aliphatic heterocycles. The largest absolute Gasteiger partial charge is 0.488 e. The number of aliphatic hydroxyl groups is 1. The number of aliphatic hydroxyl groups excluding tert-OH is 1. The Balaban J connectivity index is 2.14. The van der Waals surface area contributed by atoms with E-state index in [1.54, 1.807) is 0 Å². The summed E-state index contributed by atoms with van der Waals surface area (Å²) < 4.78 is 6.87. The normalized spacial score (nSPS) is 12.2. The first kappa shape index (κ1) is 14.1. The third-order valence-electron chi connectivity index (χ3n) is 3.01. The summed E-state index contributed by atoms with van der Waals surface area (Å²) in [6.45, 7) is 2.43. The summed E-state index contributed by atoms with van der Waals surface area (Å²) in [7, 11) is 0. The number of hydrogen-bond donors (Lipinski definition) is 1. The van der Waals surface area contributed by atoms with Gasteiger partial charge in [0, 0.05) is 15.6 Å². The Morgan fingerprint density at radius 3 is 2.53 bits per heavy atom. The van der Waals surface area contributed by atoms with Crippen molar-refractivity contribution in [3.05, 3.63) is 64.1 Å². The topological polar surface area (TPSA) is 29.5 Å². The summed E-state index contributed by atoms with van der Waals surface area (Å²) >= 11 is 3.50. The molecule has 0 heterocycles. The molecule has 0 bridgehead atoms. The van der Waals surface area contributed by atoms with Gasteiger partial charge in [0.25, 0.3) is 0 Å². The van der Waals surface area contributed by atoms with Crippen molar-refractivity contribution in [2.75, 3.05) is 0 Å². The predicted molar refractivity (Wildman–Crippen MR) is 80.2 cm³/mol. The van der Waals surface area contributed by atoms with Crippen LogP contribution >= 0.6 is 15.9 Å². The van der Waals surface area contributed by atoms with E-state index in [0.717, 1.165) is 21.3 Å². The van der Waals surface area contributed by atoms with Crippen molar-refractivity contribution in [2.45, 2.75) is 26.1 Å². The van der Waals surface area contributed by atoms with E-state index in [0.29, 0.717) is 13.0 Å². The first-order chi connectivity index (χ1) is 9.22. The van der Waals surface area contributed by atoms with Crippen LogP contribution in [0.5, 0.6) is 5.75 Å². The molecule has 0 aliphatic rings. The third-order valence-corrected chi connectivity index (χ3v) is 3.78. The lowest BCUT2D eigenvalue weighted by atomic mass is 10.1. The van der Waals surface area contributed by atoms with Crippen molar-refractivity contribution < 1.29 is 9.84 Å². The summed E-state index contributed by atoms with van der Waals surface area (Å²) in [5, 5.41) is 9.97. The molecule has 3 heteroatoms. The van der Waals surface area contributed by atoms with Crippen molar-refractivity contribution in [3.63, 3.8) is 0 Å². The smallest absolute Gasteiger partial charge is 0.125 e. The minimum absolute atomic E-state index is 0.476. The molecule has 0 radical (unpaired) electrons. The van der Waals surface area contributed by atoms with Crippen LogP contribution in [-0.4, -0.2) is 5.11 Å². The standard InChI is InChI=1S/C16H17BrO2/c1-2-15(18)13-8-4-6-10-16(13)19-11-12-7-3-5-9-14(12)17/h3-10,15,18H,2,11H2,1H3. The Hall–Kier alpha value is -1.32. The fourth-order valence-electron chi connectivity index (χ4n) is 1.88. The van der Waals surface area contributed by atoms with Gasteiger partial charge in [-0.25, -0.2) is 0 Å². The average molecular weight is 321 g/mol. The highest BCUT2D eigenvalue weighted by molar-refractivity contribution is 9.10. The zero-order valence-electron chi connectivity index (χ0n) is 10.8. The van der Waals surface area contributed by atoms with E-state index in [4.69, 9.17) is 4.74 Å². The lowest BCUT2D eigenvalue weighted by Crippen LogP contribution is -2.02. The van der Waals surface area contributed by atoms with E-state index in [-0.39, 0.29) is 0 Å². The van der Waals surface area contributed by atoms with Gasteiger partial charge in [-0.3, -0.25) is 0 Å². The first-order valence-electron chi connectivity index (χ1n) is 6.35. The van der Waals surface area contributed by atoms with E-state index < -0.39 is 6.10 Å². The van der Waals surface area contributed by atoms with Crippen LogP contribution in [0.15, 0.2) is 53.0 Å². The molecule has 0 spiro atoms. The van der Waals surface area contributed by atoms with Gasteiger partial charge in [-0.2, -0.15) is 0 Å². The summed E-state index contributed by atoms with van der Waals surface area (Å²) in [4.78, 5) is 0. The number of para-hydroxylation sites is 1. The number of rotatable bonds is 5. The van der Waals surface area contributed by atoms with Gasteiger partial charge in [0.15, 0.2) is 0 Å². The van der Waals surface area contributed by atoms with Gasteiger partial charge in [-0.1, -0.05) is 59.3 Å². The quantitative estimate of drug-likeness (QED) is 0.880. The maximum atomic E-state index is 9.97. The molecule has 0 saturated carbocycles. The highest BCUT2D eigenvalue weighted by atomic mass is 79.9. The molecule has 1 N–H and O–H groups in total. The SMILES string of the molecule is CCC(O)c1ccccc1OCc1ccccc1Br. The van der Waals surface area contributed by atoms with Gasteiger partial charge in [-0.15, -0.1) is 0 Å². The molecular formula is C16H17BrO2. The number of halogens is 1. The van der Waals surface area contributed by atoms with E-state index >= 15 is 0 Å². The predicted octanol–water partition coefficient (Wildman–Crippen LogP) is 4.47. The summed E-state index contributed by atoms with van der Waals surface area (Å²) in [6.07, 6.45) is 0.200. The van der Waals surface area contributed by atoms with E-state index in [2.05, 4.69) is 15.9 Å². The minimum atomic E-state index is -0.476. The van der Waals surface area contributed by atoms with Crippen LogP contribution in [0.4, 0.5) is 0 Å². The molecule has 1 unspecified atom stereocenters. The van der Waals surface area contributed by atoms with Crippen molar-refractivity contribution in [3.8, 4) is 5.75 Å². The lowest BCUT2D eigenvalue weighted by Gasteiger charge is -2.15. The van der Waals surface area contributed by atoms with E-state index in [1.807, 2.05) is 55.5 Å². The van der Waals surface area contributed by atoms with Crippen LogP contribution in [-0.2, 0) is 6.61 Å². The second-order valence-corrected chi connectivity index (χ2v) is 5.20. The van der Waals surface area contributed by atoms with Gasteiger partial charge >= 0.3 is 0 Å². The van der Waals surface area contributed by atoms with Crippen LogP contribution in [0, 0.1) is 0 Å². The van der Waals surface area contributed by atoms with Crippen LogP contribution in [0.25, 0.3) is 0 Å². The van der Waals surface area contributed by atoms with Crippen molar-refractivity contribution >= 4 is 15.9 Å². The number of benzene rings is 2. The number of hydrogen-bond acceptors (Lipinski definition) is 2. The first-order valence-corrected chi connectivity index (χ1v) is 7.15. The zero-order valence-corrected chi connectivity index (χ0v) is 12.4. The van der Waals surface area contributed by atoms with Gasteiger partial charge < -0.3 is 9.84 Å². The van der Waals surface area contributed by atoms with Crippen molar-refractivity contribution in [1.82, 2.24) is 0 Å². The molecule has 0 aliphatic carbocycles. The molecule has 1 atom stereocenters. The summed E-state index contributed by atoms with van der Waals surface area (Å²) in [6, 6.07) is 15.6. The maximum Gasteiger partial charge on any atom is 0.125 e. The Labute approximate surface area is 122 Å². The monoisotopic (exact) mass is 320 g/mol. The van der Waals surface area contributed by atoms with Gasteiger partial charge in [0.1, 0.15) is 12.4 Å². The molecule has 2 aromatic carbocycles. The zero-order chi connectivity index (χ0) is 13.7. The maximum absolute atomic E-state index is 9.97. The molecule has 0 fully saturated rings. The van der Waals surface area contributed by atoms with Gasteiger partial charge in [-0.05, 0) is 18.6 Å². The fourth-order valence-corrected chi connectivity index (χ4v) is 2.28. The van der Waals surface area contributed by atoms with Crippen molar-refractivity contribution in [1.29, 1.82) is 0 Å². The molecule has 0 saturated heterocycles. The van der Waals surface area contributed by atoms with Crippen molar-refractivity contribution in [2.24, 2.45) is 0 Å². The number of ether oxygens (including phenoxy) is 1. The van der Waals surface area contributed by atoms with Crippen LogP contribution in [0.1, 0.15) is 30.6 Å². The summed E-state index contributed by atoms with van der Waals surface area (Å²) in [5.41, 5.74) is 1.93. The second-order valence-electron chi connectivity index (χ2n) is 4.34. The molecular weight excluding hydrogens is 304 g/mol. The fraction of sp³-hybridized carbons (Fsp3) is 0.250. The Bertz CT molecular complexity index is 540. The summed E-state index contributed by atoms with van der Waals surface area (Å²) in [5.74, 6) is 0.743. The third kappa shape index (κ3) is 3.58. The highest BCUT2D eigenvalue weighted by Gasteiger charge is 2.11. The van der Waals surface area contributed by atoms with Gasteiger partial charge in [0.2, 0.25) is 0 Å². The van der Waals surface area contributed by atoms with Crippen LogP contribution in [0.2, 0.25) is 0 Å². The average Bonchev–Trinajstić information content (AvgIpc) is 2.46. The lowest BCUT2D eigenvalue weighted by molar-refractivity contribution is 0.166. The molecule has 0 amide bonds. The van der Waals surface area contributed by atoms with Crippen LogP contribution < -0.4 is 4.74 Å². The molecule has 2 nitrogen and oxygen atoms in total. The Morgan fingerprint density at radius 1 is 1.11 bits per heavy atom. The Morgan fingerprint density at radius 2 is 1.79 bits per heavy atom. The molecule has 0 aromatic heterocycles. The molecule has 19 heavy (non-hydrogen) atoms. The molecule has 2 rings (SSSR count). The second kappa shape index (κ2) is 6.73. The van der Waals surface area contributed by atoms with E-state index in [1.165, 1.54) is 0 Å². The highest BCUT2D eigenvalue weighted by Crippen LogP contribution is 2.28. The van der Waals surface area contributed by atoms with Gasteiger partial charge in [0.05, 0.1) is 6.10 Å². The Kier molecular flexibility index (Phi) is 5.00. The molecule has 2 aromatic rings.